The van der Waals surface area contributed by atoms with Crippen molar-refractivity contribution in [1.29, 1.82) is 0 Å². The molecule has 1 amide bonds. The summed E-state index contributed by atoms with van der Waals surface area (Å²) in [7, 11) is 0. The normalized spacial score (nSPS) is 26.0. The van der Waals surface area contributed by atoms with E-state index in [2.05, 4.69) is 10.4 Å². The smallest absolute Gasteiger partial charge is 0.226 e. The van der Waals surface area contributed by atoms with E-state index in [1.54, 1.807) is 23.0 Å². The van der Waals surface area contributed by atoms with E-state index in [0.29, 0.717) is 26.2 Å². The quantitative estimate of drug-likeness (QED) is 0.920. The summed E-state index contributed by atoms with van der Waals surface area (Å²) in [5, 5.41) is 7.38. The fourth-order valence-corrected chi connectivity index (χ4v) is 3.43. The number of benzene rings is 1. The summed E-state index contributed by atoms with van der Waals surface area (Å²) in [4.78, 5) is 12.7. The predicted octanol–water partition coefficient (Wildman–Crippen LogP) is 1.99. The number of carbonyl (C=O) groups excluding carboxylic acids is 1. The van der Waals surface area contributed by atoms with Crippen LogP contribution in [0.3, 0.4) is 0 Å². The summed E-state index contributed by atoms with van der Waals surface area (Å²) in [6.45, 7) is 1.78. The predicted molar refractivity (Wildman–Crippen MR) is 87.7 cm³/mol. The minimum absolute atomic E-state index is 0.00939. The average molecular weight is 345 g/mol. The van der Waals surface area contributed by atoms with E-state index in [1.807, 2.05) is 6.07 Å². The Morgan fingerprint density at radius 2 is 2.04 bits per heavy atom. The van der Waals surface area contributed by atoms with E-state index >= 15 is 0 Å². The van der Waals surface area contributed by atoms with Gasteiger partial charge in [0.15, 0.2) is 0 Å². The van der Waals surface area contributed by atoms with E-state index in [1.165, 1.54) is 12.1 Å². The lowest BCUT2D eigenvalue weighted by Crippen LogP contribution is -2.40. The molecule has 0 unspecified atom stereocenters. The molecule has 3 heterocycles. The number of hydrogen-bond donors (Lipinski definition) is 1. The molecule has 132 valence electrons. The van der Waals surface area contributed by atoms with Gasteiger partial charge in [0.2, 0.25) is 5.91 Å². The Bertz CT molecular complexity index is 740. The van der Waals surface area contributed by atoms with Crippen molar-refractivity contribution in [3.63, 3.8) is 0 Å². The molecule has 6 nitrogen and oxygen atoms in total. The van der Waals surface area contributed by atoms with Crippen molar-refractivity contribution in [3.8, 4) is 5.69 Å². The lowest BCUT2D eigenvalue weighted by atomic mass is 9.97. The van der Waals surface area contributed by atoms with Crippen LogP contribution in [0.4, 0.5) is 4.39 Å². The SMILES string of the molecule is O=C(N[C@H]1CCOC1)[C@H]1CCO[C@@H]1c1ccnn1-c1ccc(F)cc1. The summed E-state index contributed by atoms with van der Waals surface area (Å²) < 4.78 is 26.0. The number of nitrogens with zero attached hydrogens (tertiary/aromatic N) is 2. The molecule has 0 bridgehead atoms. The van der Waals surface area contributed by atoms with Crippen LogP contribution in [-0.4, -0.2) is 41.6 Å². The number of hydrogen-bond acceptors (Lipinski definition) is 4. The summed E-state index contributed by atoms with van der Waals surface area (Å²) in [5.74, 6) is -0.577. The van der Waals surface area contributed by atoms with Gasteiger partial charge in [-0.25, -0.2) is 9.07 Å². The van der Waals surface area contributed by atoms with Gasteiger partial charge in [-0.1, -0.05) is 0 Å². The molecule has 1 N–H and O–H groups in total. The molecule has 2 saturated heterocycles. The standard InChI is InChI=1S/C18H20FN3O3/c19-12-1-3-14(4-2-12)22-16(5-8-20-22)17-15(7-10-25-17)18(23)21-13-6-9-24-11-13/h1-5,8,13,15,17H,6-7,9-11H2,(H,21,23)/t13-,15-,17-/m0/s1. The topological polar surface area (TPSA) is 65.4 Å². The molecule has 4 rings (SSSR count). The minimum atomic E-state index is -0.366. The highest BCUT2D eigenvalue weighted by Crippen LogP contribution is 2.35. The highest BCUT2D eigenvalue weighted by atomic mass is 19.1. The van der Waals surface area contributed by atoms with Crippen LogP contribution in [0.25, 0.3) is 5.69 Å². The fourth-order valence-electron chi connectivity index (χ4n) is 3.43. The van der Waals surface area contributed by atoms with Gasteiger partial charge in [0, 0.05) is 19.4 Å². The van der Waals surface area contributed by atoms with E-state index in [0.717, 1.165) is 17.8 Å². The molecule has 2 fully saturated rings. The van der Waals surface area contributed by atoms with Crippen molar-refractivity contribution < 1.29 is 18.7 Å². The molecule has 2 aliphatic heterocycles. The Hall–Kier alpha value is -2.25. The van der Waals surface area contributed by atoms with Crippen molar-refractivity contribution in [2.24, 2.45) is 5.92 Å². The van der Waals surface area contributed by atoms with Gasteiger partial charge in [0.05, 0.1) is 29.9 Å². The maximum Gasteiger partial charge on any atom is 0.226 e. The largest absolute Gasteiger partial charge is 0.379 e. The van der Waals surface area contributed by atoms with E-state index in [4.69, 9.17) is 9.47 Å². The first-order valence-corrected chi connectivity index (χ1v) is 8.52. The second kappa shape index (κ2) is 6.93. The third-order valence-corrected chi connectivity index (χ3v) is 4.74. The Balaban J connectivity index is 1.55. The lowest BCUT2D eigenvalue weighted by Gasteiger charge is -2.21. The monoisotopic (exact) mass is 345 g/mol. The average Bonchev–Trinajstić information content (AvgIpc) is 3.36. The molecule has 0 radical (unpaired) electrons. The molecule has 0 spiro atoms. The number of amides is 1. The van der Waals surface area contributed by atoms with Crippen LogP contribution in [0.1, 0.15) is 24.6 Å². The number of aromatic nitrogens is 2. The molecule has 2 aromatic rings. The maximum absolute atomic E-state index is 13.2. The second-order valence-electron chi connectivity index (χ2n) is 6.40. The molecule has 3 atom stereocenters. The number of ether oxygens (including phenoxy) is 2. The van der Waals surface area contributed by atoms with E-state index < -0.39 is 0 Å². The van der Waals surface area contributed by atoms with Gasteiger partial charge >= 0.3 is 0 Å². The number of halogens is 1. The van der Waals surface area contributed by atoms with E-state index in [-0.39, 0.29) is 29.8 Å². The van der Waals surface area contributed by atoms with Crippen LogP contribution in [0.5, 0.6) is 0 Å². The zero-order valence-electron chi connectivity index (χ0n) is 13.7. The minimum Gasteiger partial charge on any atom is -0.379 e. The lowest BCUT2D eigenvalue weighted by molar-refractivity contribution is -0.127. The fraction of sp³-hybridized carbons (Fsp3) is 0.444. The molecular formula is C18H20FN3O3. The molecule has 2 aliphatic rings. The Kier molecular flexibility index (Phi) is 4.50. The van der Waals surface area contributed by atoms with Gasteiger partial charge in [-0.3, -0.25) is 4.79 Å². The van der Waals surface area contributed by atoms with Gasteiger partial charge in [-0.15, -0.1) is 0 Å². The second-order valence-corrected chi connectivity index (χ2v) is 6.40. The summed E-state index contributed by atoms with van der Waals surface area (Å²) in [6, 6.07) is 8.02. The third kappa shape index (κ3) is 3.29. The zero-order chi connectivity index (χ0) is 17.2. The van der Waals surface area contributed by atoms with Crippen molar-refractivity contribution in [1.82, 2.24) is 15.1 Å². The Morgan fingerprint density at radius 1 is 1.20 bits per heavy atom. The van der Waals surface area contributed by atoms with E-state index in [9.17, 15) is 9.18 Å². The van der Waals surface area contributed by atoms with Gasteiger partial charge in [0.1, 0.15) is 11.9 Å². The van der Waals surface area contributed by atoms with Crippen molar-refractivity contribution in [2.75, 3.05) is 19.8 Å². The van der Waals surface area contributed by atoms with Gasteiger partial charge in [-0.05, 0) is 43.2 Å². The zero-order valence-corrected chi connectivity index (χ0v) is 13.7. The van der Waals surface area contributed by atoms with Crippen molar-refractivity contribution in [2.45, 2.75) is 25.0 Å². The number of nitrogens with one attached hydrogen (secondary N) is 1. The summed E-state index contributed by atoms with van der Waals surface area (Å²) in [6.07, 6.45) is 2.81. The Morgan fingerprint density at radius 3 is 2.80 bits per heavy atom. The molecule has 25 heavy (non-hydrogen) atoms. The van der Waals surface area contributed by atoms with Crippen LogP contribution in [0, 0.1) is 11.7 Å². The van der Waals surface area contributed by atoms with Crippen LogP contribution >= 0.6 is 0 Å². The van der Waals surface area contributed by atoms with Crippen molar-refractivity contribution >= 4 is 5.91 Å². The van der Waals surface area contributed by atoms with Gasteiger partial charge in [0.25, 0.3) is 0 Å². The maximum atomic E-state index is 13.2. The van der Waals surface area contributed by atoms with Crippen LogP contribution in [-0.2, 0) is 14.3 Å². The van der Waals surface area contributed by atoms with Gasteiger partial charge in [-0.2, -0.15) is 5.10 Å². The summed E-state index contributed by atoms with van der Waals surface area (Å²) >= 11 is 0. The number of carbonyl (C=O) groups is 1. The van der Waals surface area contributed by atoms with Crippen LogP contribution in [0.2, 0.25) is 0 Å². The first-order valence-electron chi connectivity index (χ1n) is 8.52. The Labute approximate surface area is 144 Å². The molecule has 7 heteroatoms. The number of rotatable bonds is 4. The van der Waals surface area contributed by atoms with Crippen LogP contribution in [0.15, 0.2) is 36.5 Å². The first kappa shape index (κ1) is 16.2. The molecule has 1 aromatic heterocycles. The summed E-state index contributed by atoms with van der Waals surface area (Å²) in [5.41, 5.74) is 1.53. The molecule has 1 aromatic carbocycles. The molecular weight excluding hydrogens is 325 g/mol. The first-order chi connectivity index (χ1) is 12.2. The van der Waals surface area contributed by atoms with Crippen LogP contribution < -0.4 is 5.32 Å². The molecule has 0 saturated carbocycles. The highest BCUT2D eigenvalue weighted by molar-refractivity contribution is 5.80. The third-order valence-electron chi connectivity index (χ3n) is 4.74. The molecule has 0 aliphatic carbocycles. The van der Waals surface area contributed by atoms with Crippen molar-refractivity contribution in [3.05, 3.63) is 48.0 Å². The van der Waals surface area contributed by atoms with Gasteiger partial charge < -0.3 is 14.8 Å². The highest BCUT2D eigenvalue weighted by Gasteiger charge is 2.38.